The van der Waals surface area contributed by atoms with E-state index in [-0.39, 0.29) is 13.2 Å². The minimum Gasteiger partial charge on any atom is -0.460 e. The molecule has 0 aromatic heterocycles. The second-order valence-corrected chi connectivity index (χ2v) is 7.58. The SMILES string of the molecule is C=CCOC(=O)[C@@H]1N2C(=O)[C@](O)(C#CC(=O)OCC)[C@H]2SC1(C)C. The van der Waals surface area contributed by atoms with Crippen molar-refractivity contribution >= 4 is 29.6 Å². The Bertz CT molecular complexity index is 649. The number of nitrogens with zero attached hydrogens (tertiary/aromatic N) is 1. The summed E-state index contributed by atoms with van der Waals surface area (Å²) in [6.45, 7) is 8.84. The van der Waals surface area contributed by atoms with Crippen molar-refractivity contribution in [2.75, 3.05) is 13.2 Å². The Morgan fingerprint density at radius 3 is 2.71 bits per heavy atom. The van der Waals surface area contributed by atoms with Crippen LogP contribution in [0.25, 0.3) is 0 Å². The lowest BCUT2D eigenvalue weighted by atomic mass is 9.88. The van der Waals surface area contributed by atoms with E-state index >= 15 is 0 Å². The van der Waals surface area contributed by atoms with Gasteiger partial charge in [0, 0.05) is 10.7 Å². The molecule has 2 aliphatic heterocycles. The van der Waals surface area contributed by atoms with Crippen LogP contribution in [0.5, 0.6) is 0 Å². The van der Waals surface area contributed by atoms with E-state index in [1.165, 1.54) is 22.7 Å². The number of fused-ring (bicyclic) bond motifs is 1. The van der Waals surface area contributed by atoms with Gasteiger partial charge in [0.15, 0.2) is 0 Å². The van der Waals surface area contributed by atoms with E-state index in [1.807, 2.05) is 0 Å². The third-order valence-electron chi connectivity index (χ3n) is 3.72. The van der Waals surface area contributed by atoms with Crippen LogP contribution >= 0.6 is 11.8 Å². The van der Waals surface area contributed by atoms with Crippen molar-refractivity contribution in [3.05, 3.63) is 12.7 Å². The normalized spacial score (nSPS) is 29.7. The summed E-state index contributed by atoms with van der Waals surface area (Å²) in [6.07, 6.45) is 1.43. The fraction of sp³-hybridized carbons (Fsp3) is 0.562. The zero-order chi connectivity index (χ0) is 18.1. The number of β-lactam (4-membered cyclic amide) rings is 1. The van der Waals surface area contributed by atoms with E-state index in [1.54, 1.807) is 20.8 Å². The Hall–Kier alpha value is -1.98. The molecule has 0 radical (unpaired) electrons. The number of hydrogen-bond acceptors (Lipinski definition) is 7. The summed E-state index contributed by atoms with van der Waals surface area (Å²) in [5, 5.41) is 9.76. The summed E-state index contributed by atoms with van der Waals surface area (Å²) < 4.78 is 9.04. The highest BCUT2D eigenvalue weighted by Gasteiger charge is 2.71. The largest absolute Gasteiger partial charge is 0.460 e. The van der Waals surface area contributed by atoms with Crippen molar-refractivity contribution in [2.24, 2.45) is 0 Å². The maximum Gasteiger partial charge on any atom is 0.384 e. The first-order valence-corrected chi connectivity index (χ1v) is 8.27. The highest BCUT2D eigenvalue weighted by molar-refractivity contribution is 8.01. The van der Waals surface area contributed by atoms with Gasteiger partial charge < -0.3 is 19.5 Å². The molecule has 2 aliphatic rings. The third-order valence-corrected chi connectivity index (χ3v) is 5.34. The standard InChI is InChI=1S/C16H19NO6S/c1-5-9-23-12(19)11-15(3,4)24-14-16(21,13(20)17(11)14)8-7-10(18)22-6-2/h5,11,14,21H,1,6,9H2,2-4H3/t11-,14+,16+/m0/s1. The van der Waals surface area contributed by atoms with Crippen molar-refractivity contribution in [3.63, 3.8) is 0 Å². The predicted octanol–water partition coefficient (Wildman–Crippen LogP) is 0.0755. The molecular formula is C16H19NO6S. The molecule has 2 heterocycles. The fourth-order valence-corrected chi connectivity index (χ4v) is 4.25. The monoisotopic (exact) mass is 353 g/mol. The van der Waals surface area contributed by atoms with Crippen LogP contribution in [0.4, 0.5) is 0 Å². The highest BCUT2D eigenvalue weighted by Crippen LogP contribution is 2.54. The van der Waals surface area contributed by atoms with Crippen molar-refractivity contribution in [3.8, 4) is 11.8 Å². The zero-order valence-electron chi connectivity index (χ0n) is 13.7. The highest BCUT2D eigenvalue weighted by atomic mass is 32.2. The van der Waals surface area contributed by atoms with Crippen molar-refractivity contribution in [2.45, 2.75) is 42.5 Å². The number of esters is 2. The Morgan fingerprint density at radius 2 is 2.12 bits per heavy atom. The molecule has 0 unspecified atom stereocenters. The molecule has 130 valence electrons. The Kier molecular flexibility index (Phi) is 4.97. The number of rotatable bonds is 4. The molecule has 0 aromatic carbocycles. The summed E-state index contributed by atoms with van der Waals surface area (Å²) >= 11 is 1.24. The molecule has 0 aromatic rings. The van der Waals surface area contributed by atoms with Crippen molar-refractivity contribution in [1.29, 1.82) is 0 Å². The summed E-state index contributed by atoms with van der Waals surface area (Å²) in [6, 6.07) is -0.843. The summed E-state index contributed by atoms with van der Waals surface area (Å²) in [4.78, 5) is 37.2. The van der Waals surface area contributed by atoms with Crippen molar-refractivity contribution < 1.29 is 29.0 Å². The molecule has 24 heavy (non-hydrogen) atoms. The summed E-state index contributed by atoms with van der Waals surface area (Å²) in [5.74, 6) is 2.31. The number of hydrogen-bond donors (Lipinski definition) is 1. The Labute approximate surface area is 144 Å². The van der Waals surface area contributed by atoms with E-state index in [0.29, 0.717) is 0 Å². The maximum atomic E-state index is 12.4. The van der Waals surface area contributed by atoms with Gasteiger partial charge in [-0.05, 0) is 26.7 Å². The molecule has 0 aliphatic carbocycles. The maximum absolute atomic E-state index is 12.4. The second-order valence-electron chi connectivity index (χ2n) is 5.84. The molecule has 0 saturated carbocycles. The molecule has 0 bridgehead atoms. The van der Waals surface area contributed by atoms with E-state index in [9.17, 15) is 19.5 Å². The van der Waals surface area contributed by atoms with E-state index in [4.69, 9.17) is 4.74 Å². The molecular weight excluding hydrogens is 334 g/mol. The summed E-state index contributed by atoms with van der Waals surface area (Å²) in [7, 11) is 0. The Balaban J connectivity index is 2.22. The number of carbonyl (C=O) groups is 3. The molecule has 8 heteroatoms. The van der Waals surface area contributed by atoms with Gasteiger partial charge in [-0.2, -0.15) is 0 Å². The third kappa shape index (κ3) is 2.89. The minimum absolute atomic E-state index is 0.0374. The van der Waals surface area contributed by atoms with Gasteiger partial charge in [-0.25, -0.2) is 9.59 Å². The van der Waals surface area contributed by atoms with Crippen LogP contribution in [-0.2, 0) is 23.9 Å². The first-order chi connectivity index (χ1) is 11.2. The molecule has 2 rings (SSSR count). The van der Waals surface area contributed by atoms with Crippen LogP contribution < -0.4 is 0 Å². The average molecular weight is 353 g/mol. The average Bonchev–Trinajstić information content (AvgIpc) is 2.80. The minimum atomic E-state index is -2.01. The zero-order valence-corrected chi connectivity index (χ0v) is 14.5. The molecule has 2 saturated heterocycles. The van der Waals surface area contributed by atoms with Crippen LogP contribution in [0, 0.1) is 11.8 Å². The van der Waals surface area contributed by atoms with Crippen LogP contribution in [0.3, 0.4) is 0 Å². The van der Waals surface area contributed by atoms with E-state index < -0.39 is 39.6 Å². The lowest BCUT2D eigenvalue weighted by Gasteiger charge is -2.46. The molecule has 3 atom stereocenters. The number of ether oxygens (including phenoxy) is 2. The van der Waals surface area contributed by atoms with Gasteiger partial charge in [0.1, 0.15) is 18.0 Å². The van der Waals surface area contributed by atoms with Crippen molar-refractivity contribution in [1.82, 2.24) is 4.90 Å². The van der Waals surface area contributed by atoms with Gasteiger partial charge in [-0.15, -0.1) is 11.8 Å². The van der Waals surface area contributed by atoms with E-state index in [0.717, 1.165) is 0 Å². The first kappa shape index (κ1) is 18.4. The molecule has 1 amide bonds. The molecule has 2 fully saturated rings. The lowest BCUT2D eigenvalue weighted by Crippen LogP contribution is -2.73. The Morgan fingerprint density at radius 1 is 1.46 bits per heavy atom. The molecule has 0 spiro atoms. The molecule has 1 N–H and O–H groups in total. The fourth-order valence-electron chi connectivity index (χ4n) is 2.67. The van der Waals surface area contributed by atoms with E-state index in [2.05, 4.69) is 23.2 Å². The number of amides is 1. The summed E-state index contributed by atoms with van der Waals surface area (Å²) in [5.41, 5.74) is -2.01. The van der Waals surface area contributed by atoms with Crippen LogP contribution in [-0.4, -0.2) is 62.8 Å². The van der Waals surface area contributed by atoms with Gasteiger partial charge in [0.2, 0.25) is 5.60 Å². The first-order valence-electron chi connectivity index (χ1n) is 7.39. The van der Waals surface area contributed by atoms with Gasteiger partial charge in [0.25, 0.3) is 5.91 Å². The van der Waals surface area contributed by atoms with Crippen LogP contribution in [0.1, 0.15) is 20.8 Å². The molecule has 7 nitrogen and oxygen atoms in total. The van der Waals surface area contributed by atoms with Gasteiger partial charge >= 0.3 is 11.9 Å². The van der Waals surface area contributed by atoms with Gasteiger partial charge in [0.05, 0.1) is 6.61 Å². The van der Waals surface area contributed by atoms with Gasteiger partial charge in [-0.1, -0.05) is 12.7 Å². The smallest absolute Gasteiger partial charge is 0.384 e. The number of aliphatic hydroxyl groups is 1. The predicted molar refractivity (Wildman–Crippen MR) is 86.6 cm³/mol. The van der Waals surface area contributed by atoms with Gasteiger partial charge in [-0.3, -0.25) is 4.79 Å². The lowest BCUT2D eigenvalue weighted by molar-refractivity contribution is -0.180. The number of thioether (sulfide) groups is 1. The van der Waals surface area contributed by atoms with Crippen LogP contribution in [0.15, 0.2) is 12.7 Å². The quantitative estimate of drug-likeness (QED) is 0.251. The number of carbonyl (C=O) groups excluding carboxylic acids is 3. The van der Waals surface area contributed by atoms with Crippen LogP contribution in [0.2, 0.25) is 0 Å². The second kappa shape index (κ2) is 6.49. The topological polar surface area (TPSA) is 93.1 Å².